The van der Waals surface area contributed by atoms with E-state index in [-0.39, 0.29) is 6.04 Å². The van der Waals surface area contributed by atoms with Crippen molar-refractivity contribution in [3.63, 3.8) is 0 Å². The zero-order valence-electron chi connectivity index (χ0n) is 6.36. The van der Waals surface area contributed by atoms with Gasteiger partial charge in [-0.25, -0.2) is 5.14 Å². The van der Waals surface area contributed by atoms with Crippen LogP contribution in [0, 0.1) is 0 Å². The van der Waals surface area contributed by atoms with Gasteiger partial charge >= 0.3 is 0 Å². The lowest BCUT2D eigenvalue weighted by Crippen LogP contribution is -2.41. The molecule has 6 heteroatoms. The molecule has 11 heavy (non-hydrogen) atoms. The molecule has 0 radical (unpaired) electrons. The van der Waals surface area contributed by atoms with Crippen molar-refractivity contribution >= 4 is 22.0 Å². The molecule has 0 amide bonds. The Kier molecular flexibility index (Phi) is 2.79. The molecule has 1 atom stereocenters. The molecule has 1 heterocycles. The SMILES string of the molecule is CN(C1CCSC1)S(N)(=O)=O. The van der Waals surface area contributed by atoms with Crippen molar-refractivity contribution in [3.05, 3.63) is 0 Å². The number of thioether (sulfide) groups is 1. The zero-order valence-corrected chi connectivity index (χ0v) is 7.99. The molecule has 4 nitrogen and oxygen atoms in total. The Morgan fingerprint density at radius 2 is 2.27 bits per heavy atom. The fraction of sp³-hybridized carbons (Fsp3) is 1.00. The highest BCUT2D eigenvalue weighted by molar-refractivity contribution is 7.99. The molecule has 0 bridgehead atoms. The van der Waals surface area contributed by atoms with E-state index in [1.807, 2.05) is 0 Å². The lowest BCUT2D eigenvalue weighted by molar-refractivity contribution is 0.395. The quantitative estimate of drug-likeness (QED) is 0.655. The smallest absolute Gasteiger partial charge is 0.216 e. The molecular formula is C5H12N2O2S2. The second kappa shape index (κ2) is 3.30. The van der Waals surface area contributed by atoms with Crippen molar-refractivity contribution in [2.45, 2.75) is 12.5 Å². The summed E-state index contributed by atoms with van der Waals surface area (Å²) in [6.45, 7) is 0. The Bertz CT molecular complexity index is 221. The predicted molar refractivity (Wildman–Crippen MR) is 46.6 cm³/mol. The van der Waals surface area contributed by atoms with E-state index in [0.717, 1.165) is 17.9 Å². The molecule has 0 aromatic carbocycles. The van der Waals surface area contributed by atoms with Crippen LogP contribution in [-0.2, 0) is 10.2 Å². The van der Waals surface area contributed by atoms with Gasteiger partial charge in [-0.2, -0.15) is 24.5 Å². The number of hydrogen-bond acceptors (Lipinski definition) is 3. The lowest BCUT2D eigenvalue weighted by atomic mass is 10.3. The molecule has 1 unspecified atom stereocenters. The molecule has 1 rings (SSSR count). The maximum Gasteiger partial charge on any atom is 0.276 e. The summed E-state index contributed by atoms with van der Waals surface area (Å²) in [5.41, 5.74) is 0. The Balaban J connectivity index is 2.60. The Morgan fingerprint density at radius 3 is 2.64 bits per heavy atom. The van der Waals surface area contributed by atoms with Crippen molar-refractivity contribution in [2.24, 2.45) is 5.14 Å². The van der Waals surface area contributed by atoms with Gasteiger partial charge in [0.15, 0.2) is 0 Å². The van der Waals surface area contributed by atoms with Crippen LogP contribution in [0.1, 0.15) is 6.42 Å². The minimum Gasteiger partial charge on any atom is -0.216 e. The van der Waals surface area contributed by atoms with Crippen molar-refractivity contribution in [1.29, 1.82) is 0 Å². The van der Waals surface area contributed by atoms with E-state index in [0.29, 0.717) is 0 Å². The zero-order chi connectivity index (χ0) is 8.48. The average molecular weight is 196 g/mol. The molecular weight excluding hydrogens is 184 g/mol. The van der Waals surface area contributed by atoms with E-state index in [2.05, 4.69) is 0 Å². The fourth-order valence-corrected chi connectivity index (χ4v) is 2.97. The van der Waals surface area contributed by atoms with Crippen LogP contribution in [0.4, 0.5) is 0 Å². The lowest BCUT2D eigenvalue weighted by Gasteiger charge is -2.19. The van der Waals surface area contributed by atoms with Crippen LogP contribution in [0.25, 0.3) is 0 Å². The third kappa shape index (κ3) is 2.33. The van der Waals surface area contributed by atoms with Crippen LogP contribution < -0.4 is 5.14 Å². The maximum absolute atomic E-state index is 10.8. The van der Waals surface area contributed by atoms with E-state index in [9.17, 15) is 8.42 Å². The Hall–Kier alpha value is 0.220. The van der Waals surface area contributed by atoms with Gasteiger partial charge < -0.3 is 0 Å². The van der Waals surface area contributed by atoms with Gasteiger partial charge in [0.1, 0.15) is 0 Å². The third-order valence-electron chi connectivity index (χ3n) is 1.82. The first-order valence-electron chi connectivity index (χ1n) is 3.35. The summed E-state index contributed by atoms with van der Waals surface area (Å²) < 4.78 is 22.9. The molecule has 0 aliphatic carbocycles. The highest BCUT2D eigenvalue weighted by Gasteiger charge is 2.26. The van der Waals surface area contributed by atoms with E-state index in [1.165, 1.54) is 11.4 Å². The summed E-state index contributed by atoms with van der Waals surface area (Å²) >= 11 is 1.76. The predicted octanol–water partition coefficient (Wildman–Crippen LogP) is -0.373. The number of hydrogen-bond donors (Lipinski definition) is 1. The van der Waals surface area contributed by atoms with Crippen LogP contribution in [0.15, 0.2) is 0 Å². The van der Waals surface area contributed by atoms with E-state index in [4.69, 9.17) is 5.14 Å². The monoisotopic (exact) mass is 196 g/mol. The van der Waals surface area contributed by atoms with Crippen molar-refractivity contribution in [2.75, 3.05) is 18.6 Å². The van der Waals surface area contributed by atoms with Crippen molar-refractivity contribution < 1.29 is 8.42 Å². The van der Waals surface area contributed by atoms with Gasteiger partial charge in [-0.05, 0) is 12.2 Å². The Labute approximate surface area is 71.3 Å². The van der Waals surface area contributed by atoms with Crippen LogP contribution >= 0.6 is 11.8 Å². The van der Waals surface area contributed by atoms with E-state index in [1.54, 1.807) is 11.8 Å². The summed E-state index contributed by atoms with van der Waals surface area (Å²) in [4.78, 5) is 0. The van der Waals surface area contributed by atoms with Gasteiger partial charge in [-0.15, -0.1) is 0 Å². The molecule has 1 aliphatic rings. The molecule has 66 valence electrons. The second-order valence-electron chi connectivity index (χ2n) is 2.58. The van der Waals surface area contributed by atoms with Crippen LogP contribution in [0.3, 0.4) is 0 Å². The number of nitrogens with zero attached hydrogens (tertiary/aromatic N) is 1. The largest absolute Gasteiger partial charge is 0.276 e. The van der Waals surface area contributed by atoms with Gasteiger partial charge in [0.2, 0.25) is 0 Å². The van der Waals surface area contributed by atoms with Crippen LogP contribution in [0.2, 0.25) is 0 Å². The maximum atomic E-state index is 10.8. The second-order valence-corrected chi connectivity index (χ2v) is 5.33. The standard InChI is InChI=1S/C5H12N2O2S2/c1-7(11(6,8)9)5-2-3-10-4-5/h5H,2-4H2,1H3,(H2,6,8,9). The van der Waals surface area contributed by atoms with Gasteiger partial charge in [0.25, 0.3) is 10.2 Å². The van der Waals surface area contributed by atoms with Gasteiger partial charge in [-0.3, -0.25) is 0 Å². The highest BCUT2D eigenvalue weighted by atomic mass is 32.2. The van der Waals surface area contributed by atoms with Crippen LogP contribution in [-0.4, -0.2) is 37.3 Å². The van der Waals surface area contributed by atoms with Crippen LogP contribution in [0.5, 0.6) is 0 Å². The number of nitrogens with two attached hydrogens (primary N) is 1. The normalized spacial score (nSPS) is 26.3. The van der Waals surface area contributed by atoms with Gasteiger partial charge in [0, 0.05) is 18.8 Å². The molecule has 1 fully saturated rings. The first-order valence-corrected chi connectivity index (χ1v) is 6.01. The summed E-state index contributed by atoms with van der Waals surface area (Å²) in [6.07, 6.45) is 0.914. The Morgan fingerprint density at radius 1 is 1.64 bits per heavy atom. The van der Waals surface area contributed by atoms with Crippen molar-refractivity contribution in [1.82, 2.24) is 4.31 Å². The molecule has 1 aliphatic heterocycles. The summed E-state index contributed by atoms with van der Waals surface area (Å²) in [5, 5.41) is 4.95. The fourth-order valence-electron chi connectivity index (χ4n) is 1.02. The van der Waals surface area contributed by atoms with E-state index < -0.39 is 10.2 Å². The summed E-state index contributed by atoms with van der Waals surface area (Å²) in [6, 6.07) is 0.106. The summed E-state index contributed by atoms with van der Waals surface area (Å²) in [5.74, 6) is 1.90. The molecule has 1 saturated heterocycles. The minimum atomic E-state index is -3.47. The molecule has 0 spiro atoms. The topological polar surface area (TPSA) is 63.4 Å². The van der Waals surface area contributed by atoms with Crippen molar-refractivity contribution in [3.8, 4) is 0 Å². The molecule has 0 saturated carbocycles. The molecule has 2 N–H and O–H groups in total. The number of rotatable bonds is 2. The first kappa shape index (κ1) is 9.31. The van der Waals surface area contributed by atoms with E-state index >= 15 is 0 Å². The minimum absolute atomic E-state index is 0.106. The highest BCUT2D eigenvalue weighted by Crippen LogP contribution is 2.21. The molecule has 0 aromatic rings. The average Bonchev–Trinajstić information content (AvgIpc) is 2.34. The van der Waals surface area contributed by atoms with Gasteiger partial charge in [-0.1, -0.05) is 0 Å². The van der Waals surface area contributed by atoms with Gasteiger partial charge in [0.05, 0.1) is 0 Å². The first-order chi connectivity index (χ1) is 5.02. The summed E-state index contributed by atoms with van der Waals surface area (Å²) in [7, 11) is -1.93. The molecule has 0 aromatic heterocycles. The third-order valence-corrected chi connectivity index (χ3v) is 4.07.